The second kappa shape index (κ2) is 8.80. The first-order chi connectivity index (χ1) is 14.5. The lowest BCUT2D eigenvalue weighted by Gasteiger charge is -2.39. The molecular weight excluding hydrogens is 378 g/mol. The van der Waals surface area contributed by atoms with E-state index >= 15 is 0 Å². The molecule has 3 atom stereocenters. The summed E-state index contributed by atoms with van der Waals surface area (Å²) in [5, 5.41) is 2.79. The van der Waals surface area contributed by atoms with Crippen LogP contribution in [0.1, 0.15) is 68.3 Å². The Morgan fingerprint density at radius 2 is 1.93 bits per heavy atom. The summed E-state index contributed by atoms with van der Waals surface area (Å²) in [5.74, 6) is 0.630. The van der Waals surface area contributed by atoms with Gasteiger partial charge in [0.1, 0.15) is 17.9 Å². The zero-order valence-corrected chi connectivity index (χ0v) is 18.2. The number of rotatable bonds is 6. The summed E-state index contributed by atoms with van der Waals surface area (Å²) in [6.45, 7) is 10.8. The quantitative estimate of drug-likeness (QED) is 0.779. The van der Waals surface area contributed by atoms with Crippen molar-refractivity contribution in [1.82, 2.24) is 15.1 Å². The van der Waals surface area contributed by atoms with E-state index in [1.807, 2.05) is 18.2 Å². The molecule has 0 bridgehead atoms. The molecule has 4 rings (SSSR count). The molecule has 1 unspecified atom stereocenters. The van der Waals surface area contributed by atoms with Gasteiger partial charge in [0.15, 0.2) is 0 Å². The molecule has 6 heteroatoms. The van der Waals surface area contributed by atoms with E-state index in [-0.39, 0.29) is 17.9 Å². The summed E-state index contributed by atoms with van der Waals surface area (Å²) < 4.78 is 6.47. The molecule has 2 aliphatic heterocycles. The number of fused-ring (bicyclic) bond motifs is 1. The zero-order chi connectivity index (χ0) is 21.3. The minimum Gasteiger partial charge on any atom is -0.489 e. The maximum Gasteiger partial charge on any atom is 0.255 e. The van der Waals surface area contributed by atoms with Crippen LogP contribution >= 0.6 is 0 Å². The highest BCUT2D eigenvalue weighted by atomic mass is 16.5. The van der Waals surface area contributed by atoms with Crippen molar-refractivity contribution in [1.29, 1.82) is 0 Å². The summed E-state index contributed by atoms with van der Waals surface area (Å²) >= 11 is 0. The molecule has 1 aromatic rings. The third-order valence-electron chi connectivity index (χ3n) is 6.84. The Hall–Kier alpha value is -2.34. The van der Waals surface area contributed by atoms with Crippen molar-refractivity contribution < 1.29 is 14.3 Å². The molecule has 1 aliphatic carbocycles. The number of benzene rings is 1. The van der Waals surface area contributed by atoms with Crippen molar-refractivity contribution in [2.45, 2.75) is 77.1 Å². The first kappa shape index (κ1) is 20.9. The molecular formula is C24H33N3O3. The Morgan fingerprint density at radius 1 is 1.17 bits per heavy atom. The lowest BCUT2D eigenvalue weighted by molar-refractivity contribution is -0.126. The van der Waals surface area contributed by atoms with Crippen LogP contribution in [-0.4, -0.2) is 52.9 Å². The predicted octanol–water partition coefficient (Wildman–Crippen LogP) is 3.47. The van der Waals surface area contributed by atoms with Crippen molar-refractivity contribution in [2.24, 2.45) is 0 Å². The van der Waals surface area contributed by atoms with E-state index in [4.69, 9.17) is 4.74 Å². The highest BCUT2D eigenvalue weighted by Gasteiger charge is 2.38. The SMILES string of the molecule is C=C1CCC(N2Cc3cc(O[C@@H]4CCCC[C@@H]4N(CC)CC)ccc3C2=O)C(=O)N1. The third-order valence-corrected chi connectivity index (χ3v) is 6.84. The summed E-state index contributed by atoms with van der Waals surface area (Å²) in [5.41, 5.74) is 2.36. The van der Waals surface area contributed by atoms with Crippen molar-refractivity contribution in [2.75, 3.05) is 13.1 Å². The first-order valence-electron chi connectivity index (χ1n) is 11.3. The molecule has 2 amide bonds. The average Bonchev–Trinajstić information content (AvgIpc) is 3.06. The maximum atomic E-state index is 12.9. The van der Waals surface area contributed by atoms with E-state index < -0.39 is 6.04 Å². The second-order valence-electron chi connectivity index (χ2n) is 8.63. The highest BCUT2D eigenvalue weighted by Crippen LogP contribution is 2.33. The lowest BCUT2D eigenvalue weighted by Crippen LogP contribution is -2.49. The first-order valence-corrected chi connectivity index (χ1v) is 11.3. The summed E-state index contributed by atoms with van der Waals surface area (Å²) in [6.07, 6.45) is 6.20. The second-order valence-corrected chi connectivity index (χ2v) is 8.63. The van der Waals surface area contributed by atoms with Gasteiger partial charge >= 0.3 is 0 Å². The monoisotopic (exact) mass is 411 g/mol. The maximum absolute atomic E-state index is 12.9. The number of carbonyl (C=O) groups is 2. The number of piperidine rings is 1. The van der Waals surface area contributed by atoms with Gasteiger partial charge in [-0.15, -0.1) is 0 Å². The van der Waals surface area contributed by atoms with Gasteiger partial charge in [-0.25, -0.2) is 0 Å². The van der Waals surface area contributed by atoms with Gasteiger partial charge in [-0.2, -0.15) is 0 Å². The van der Waals surface area contributed by atoms with Gasteiger partial charge in [-0.05, 0) is 69.0 Å². The number of nitrogens with zero attached hydrogens (tertiary/aromatic N) is 2. The van der Waals surface area contributed by atoms with Gasteiger partial charge in [-0.1, -0.05) is 26.8 Å². The molecule has 1 saturated carbocycles. The number of carbonyl (C=O) groups excluding carboxylic acids is 2. The van der Waals surface area contributed by atoms with E-state index in [0.717, 1.165) is 36.5 Å². The molecule has 1 saturated heterocycles. The highest BCUT2D eigenvalue weighted by molar-refractivity contribution is 6.01. The fourth-order valence-corrected chi connectivity index (χ4v) is 5.20. The molecule has 30 heavy (non-hydrogen) atoms. The Morgan fingerprint density at radius 3 is 2.67 bits per heavy atom. The van der Waals surface area contributed by atoms with E-state index in [2.05, 4.69) is 30.6 Å². The van der Waals surface area contributed by atoms with Gasteiger partial charge in [0, 0.05) is 23.8 Å². The van der Waals surface area contributed by atoms with Crippen LogP contribution < -0.4 is 10.1 Å². The fraction of sp³-hybridized carbons (Fsp3) is 0.583. The number of ether oxygens (including phenoxy) is 1. The van der Waals surface area contributed by atoms with E-state index in [9.17, 15) is 9.59 Å². The molecule has 2 fully saturated rings. The Bertz CT molecular complexity index is 833. The van der Waals surface area contributed by atoms with Crippen LogP contribution in [0, 0.1) is 0 Å². The molecule has 0 aromatic heterocycles. The zero-order valence-electron chi connectivity index (χ0n) is 18.2. The van der Waals surface area contributed by atoms with Crippen LogP contribution in [0.25, 0.3) is 0 Å². The summed E-state index contributed by atoms with van der Waals surface area (Å²) in [6, 6.07) is 5.80. The third kappa shape index (κ3) is 3.97. The van der Waals surface area contributed by atoms with Gasteiger partial charge in [-0.3, -0.25) is 14.5 Å². The molecule has 0 radical (unpaired) electrons. The molecule has 1 aromatic carbocycles. The Labute approximate surface area is 179 Å². The Kier molecular flexibility index (Phi) is 6.14. The normalized spacial score (nSPS) is 26.7. The Balaban J connectivity index is 1.48. The summed E-state index contributed by atoms with van der Waals surface area (Å²) in [4.78, 5) is 29.5. The molecule has 3 aliphatic rings. The van der Waals surface area contributed by atoms with Crippen LogP contribution in [0.4, 0.5) is 0 Å². The minimum atomic E-state index is -0.426. The largest absolute Gasteiger partial charge is 0.489 e. The van der Waals surface area contributed by atoms with Gasteiger partial charge in [0.25, 0.3) is 5.91 Å². The van der Waals surface area contributed by atoms with Crippen molar-refractivity contribution >= 4 is 11.8 Å². The van der Waals surface area contributed by atoms with Crippen molar-refractivity contribution in [3.63, 3.8) is 0 Å². The fourth-order valence-electron chi connectivity index (χ4n) is 5.20. The number of hydrogen-bond acceptors (Lipinski definition) is 4. The molecule has 1 N–H and O–H groups in total. The summed E-state index contributed by atoms with van der Waals surface area (Å²) in [7, 11) is 0. The van der Waals surface area contributed by atoms with Gasteiger partial charge in [0.05, 0.1) is 0 Å². The number of amides is 2. The van der Waals surface area contributed by atoms with Crippen LogP contribution in [0.15, 0.2) is 30.5 Å². The smallest absolute Gasteiger partial charge is 0.255 e. The number of likely N-dealkylation sites (N-methyl/N-ethyl adjacent to an activating group) is 1. The predicted molar refractivity (Wildman–Crippen MR) is 116 cm³/mol. The van der Waals surface area contributed by atoms with E-state index in [1.165, 1.54) is 19.3 Å². The topological polar surface area (TPSA) is 61.9 Å². The number of nitrogens with one attached hydrogen (secondary N) is 1. The lowest BCUT2D eigenvalue weighted by atomic mass is 9.91. The molecule has 0 spiro atoms. The van der Waals surface area contributed by atoms with Crippen LogP contribution in [0.3, 0.4) is 0 Å². The van der Waals surface area contributed by atoms with Gasteiger partial charge in [0.2, 0.25) is 5.91 Å². The van der Waals surface area contributed by atoms with Gasteiger partial charge < -0.3 is 15.0 Å². The number of hydrogen-bond donors (Lipinski definition) is 1. The van der Waals surface area contributed by atoms with Crippen molar-refractivity contribution in [3.05, 3.63) is 41.6 Å². The van der Waals surface area contributed by atoms with E-state index in [1.54, 1.807) is 4.90 Å². The average molecular weight is 412 g/mol. The van der Waals surface area contributed by atoms with Crippen LogP contribution in [0.5, 0.6) is 5.75 Å². The van der Waals surface area contributed by atoms with E-state index in [0.29, 0.717) is 31.0 Å². The van der Waals surface area contributed by atoms with Crippen molar-refractivity contribution in [3.8, 4) is 5.75 Å². The number of allylic oxidation sites excluding steroid dienone is 1. The molecule has 162 valence electrons. The standard InChI is InChI=1S/C24H33N3O3/c1-4-26(5-2)20-8-6-7-9-22(20)30-18-11-12-19-17(14-18)15-27(24(19)29)21-13-10-16(3)25-23(21)28/h11-12,14,20-22H,3-10,13,15H2,1-2H3,(H,25,28)/t20-,21?,22+/m0/s1. The minimum absolute atomic E-state index is 0.0668. The molecule has 2 heterocycles. The molecule has 6 nitrogen and oxygen atoms in total. The van der Waals surface area contributed by atoms with Crippen LogP contribution in [0.2, 0.25) is 0 Å². The van der Waals surface area contributed by atoms with Crippen LogP contribution in [-0.2, 0) is 11.3 Å².